The zero-order valence-corrected chi connectivity index (χ0v) is 16.5. The Morgan fingerprint density at radius 3 is 2.26 bits per heavy atom. The average molecular weight is 393 g/mol. The van der Waals surface area contributed by atoms with Crippen LogP contribution in [0.5, 0.6) is 5.75 Å². The number of halogens is 2. The van der Waals surface area contributed by atoms with Gasteiger partial charge in [0.25, 0.3) is 0 Å². The molecule has 1 atom stereocenters. The van der Waals surface area contributed by atoms with Crippen molar-refractivity contribution in [3.05, 3.63) is 58.4 Å². The maximum Gasteiger partial charge on any atom is 0.123 e. The number of hydrogen-bond acceptors (Lipinski definition) is 4. The minimum atomic E-state index is -0.557. The quantitative estimate of drug-likeness (QED) is 0.813. The van der Waals surface area contributed by atoms with E-state index in [9.17, 15) is 9.50 Å². The molecule has 1 heterocycles. The van der Waals surface area contributed by atoms with Crippen molar-refractivity contribution >= 4 is 17.3 Å². The largest absolute Gasteiger partial charge is 0.491 e. The molecule has 2 aromatic carbocycles. The summed E-state index contributed by atoms with van der Waals surface area (Å²) in [5, 5.41) is 11.1. The minimum Gasteiger partial charge on any atom is -0.491 e. The SMILES string of the molecule is Cc1cc(OC[C@H](O)CN2CCN(c3ccc(F)cc3)CC2)cc(C)c1Cl. The lowest BCUT2D eigenvalue weighted by atomic mass is 10.1. The lowest BCUT2D eigenvalue weighted by Crippen LogP contribution is -2.49. The van der Waals surface area contributed by atoms with Crippen LogP contribution in [-0.4, -0.2) is 55.4 Å². The standard InChI is InChI=1S/C21H26ClFN2O2/c1-15-11-20(12-16(2)21(15)22)27-14-19(26)13-24-7-9-25(10-8-24)18-5-3-17(23)4-6-18/h3-6,11-12,19,26H,7-10,13-14H2,1-2H3/t19-/m1/s1. The third-order valence-electron chi connectivity index (χ3n) is 4.89. The van der Waals surface area contributed by atoms with E-state index in [1.54, 1.807) is 0 Å². The van der Waals surface area contributed by atoms with Gasteiger partial charge >= 0.3 is 0 Å². The molecule has 1 aliphatic heterocycles. The molecule has 1 fully saturated rings. The first-order valence-electron chi connectivity index (χ1n) is 9.23. The lowest BCUT2D eigenvalue weighted by Gasteiger charge is -2.36. The molecule has 0 saturated carbocycles. The maximum absolute atomic E-state index is 13.0. The molecular weight excluding hydrogens is 367 g/mol. The Balaban J connectivity index is 1.44. The van der Waals surface area contributed by atoms with Gasteiger partial charge in [0.05, 0.1) is 0 Å². The highest BCUT2D eigenvalue weighted by atomic mass is 35.5. The van der Waals surface area contributed by atoms with E-state index < -0.39 is 6.10 Å². The molecule has 0 bridgehead atoms. The predicted molar refractivity (Wildman–Crippen MR) is 107 cm³/mol. The van der Waals surface area contributed by atoms with Gasteiger partial charge in [-0.3, -0.25) is 4.90 Å². The third-order valence-corrected chi connectivity index (χ3v) is 5.48. The summed E-state index contributed by atoms with van der Waals surface area (Å²) in [7, 11) is 0. The second-order valence-electron chi connectivity index (χ2n) is 7.10. The Labute approximate surface area is 165 Å². The van der Waals surface area contributed by atoms with Crippen LogP contribution in [-0.2, 0) is 0 Å². The van der Waals surface area contributed by atoms with Gasteiger partial charge in [0, 0.05) is 43.4 Å². The number of aryl methyl sites for hydroxylation is 2. The highest BCUT2D eigenvalue weighted by Gasteiger charge is 2.20. The van der Waals surface area contributed by atoms with Crippen molar-refractivity contribution in [1.82, 2.24) is 4.90 Å². The fourth-order valence-electron chi connectivity index (χ4n) is 3.37. The number of rotatable bonds is 6. The van der Waals surface area contributed by atoms with Crippen LogP contribution in [0, 0.1) is 19.7 Å². The van der Waals surface area contributed by atoms with Gasteiger partial charge in [0.15, 0.2) is 0 Å². The van der Waals surface area contributed by atoms with Crippen LogP contribution in [0.25, 0.3) is 0 Å². The molecule has 27 heavy (non-hydrogen) atoms. The first kappa shape index (κ1) is 19.9. The van der Waals surface area contributed by atoms with Gasteiger partial charge in [-0.2, -0.15) is 0 Å². The number of β-amino-alcohol motifs (C(OH)–C–C–N with tert-alkyl or cyclic N) is 1. The predicted octanol–water partition coefficient (Wildman–Crippen LogP) is 3.66. The minimum absolute atomic E-state index is 0.216. The van der Waals surface area contributed by atoms with Crippen LogP contribution in [0.2, 0.25) is 5.02 Å². The van der Waals surface area contributed by atoms with Crippen molar-refractivity contribution in [1.29, 1.82) is 0 Å². The van der Waals surface area contributed by atoms with Gasteiger partial charge in [-0.15, -0.1) is 0 Å². The number of hydrogen-bond donors (Lipinski definition) is 1. The molecule has 0 radical (unpaired) electrons. The molecule has 3 rings (SSSR count). The lowest BCUT2D eigenvalue weighted by molar-refractivity contribution is 0.0663. The Morgan fingerprint density at radius 2 is 1.67 bits per heavy atom. The monoisotopic (exact) mass is 392 g/mol. The van der Waals surface area contributed by atoms with E-state index in [4.69, 9.17) is 16.3 Å². The van der Waals surface area contributed by atoms with E-state index >= 15 is 0 Å². The molecule has 2 aromatic rings. The highest BCUT2D eigenvalue weighted by Crippen LogP contribution is 2.26. The second kappa shape index (κ2) is 8.91. The number of benzene rings is 2. The molecule has 1 N–H and O–H groups in total. The van der Waals surface area contributed by atoms with Gasteiger partial charge in [0.1, 0.15) is 24.3 Å². The van der Waals surface area contributed by atoms with Crippen molar-refractivity contribution in [3.63, 3.8) is 0 Å². The first-order chi connectivity index (χ1) is 12.9. The molecule has 146 valence electrons. The summed E-state index contributed by atoms with van der Waals surface area (Å²) in [4.78, 5) is 4.46. The average Bonchev–Trinajstić information content (AvgIpc) is 2.65. The van der Waals surface area contributed by atoms with Crippen LogP contribution in [0.4, 0.5) is 10.1 Å². The van der Waals surface area contributed by atoms with Crippen LogP contribution >= 0.6 is 11.6 Å². The van der Waals surface area contributed by atoms with Gasteiger partial charge < -0.3 is 14.7 Å². The van der Waals surface area contributed by atoms with Crippen molar-refractivity contribution in [2.45, 2.75) is 20.0 Å². The Hall–Kier alpha value is -1.82. The third kappa shape index (κ3) is 5.34. The first-order valence-corrected chi connectivity index (χ1v) is 9.60. The fourth-order valence-corrected chi connectivity index (χ4v) is 3.48. The molecule has 0 spiro atoms. The van der Waals surface area contributed by atoms with Crippen molar-refractivity contribution in [3.8, 4) is 5.75 Å². The maximum atomic E-state index is 13.0. The second-order valence-corrected chi connectivity index (χ2v) is 7.48. The molecule has 0 amide bonds. The van der Waals surface area contributed by atoms with Crippen LogP contribution in [0.15, 0.2) is 36.4 Å². The fraction of sp³-hybridized carbons (Fsp3) is 0.429. The van der Waals surface area contributed by atoms with E-state index in [0.29, 0.717) is 6.54 Å². The summed E-state index contributed by atoms with van der Waals surface area (Å²) < 4.78 is 18.8. The Kier molecular flexibility index (Phi) is 6.58. The van der Waals surface area contributed by atoms with Gasteiger partial charge in [-0.1, -0.05) is 11.6 Å². The zero-order chi connectivity index (χ0) is 19.4. The van der Waals surface area contributed by atoms with Crippen molar-refractivity contribution in [2.24, 2.45) is 0 Å². The topological polar surface area (TPSA) is 35.9 Å². The van der Waals surface area contributed by atoms with Gasteiger partial charge in [0.2, 0.25) is 0 Å². The number of piperazine rings is 1. The summed E-state index contributed by atoms with van der Waals surface area (Å²) in [5.74, 6) is 0.515. The highest BCUT2D eigenvalue weighted by molar-refractivity contribution is 6.32. The van der Waals surface area contributed by atoms with Gasteiger partial charge in [-0.25, -0.2) is 4.39 Å². The van der Waals surface area contributed by atoms with Crippen molar-refractivity contribution in [2.75, 3.05) is 44.2 Å². The van der Waals surface area contributed by atoms with E-state index in [-0.39, 0.29) is 12.4 Å². The molecule has 1 aliphatic rings. The molecule has 1 saturated heterocycles. The summed E-state index contributed by atoms with van der Waals surface area (Å²) >= 11 is 6.17. The van der Waals surface area contributed by atoms with E-state index in [1.165, 1.54) is 12.1 Å². The van der Waals surface area contributed by atoms with E-state index in [0.717, 1.165) is 53.8 Å². The zero-order valence-electron chi connectivity index (χ0n) is 15.8. The molecule has 6 heteroatoms. The number of ether oxygens (including phenoxy) is 1. The van der Waals surface area contributed by atoms with E-state index in [2.05, 4.69) is 9.80 Å². The number of nitrogens with zero attached hydrogens (tertiary/aromatic N) is 2. The summed E-state index contributed by atoms with van der Waals surface area (Å²) in [6.45, 7) is 8.13. The molecule has 0 unspecified atom stereocenters. The smallest absolute Gasteiger partial charge is 0.123 e. The number of aliphatic hydroxyl groups is 1. The Morgan fingerprint density at radius 1 is 1.07 bits per heavy atom. The van der Waals surface area contributed by atoms with Crippen LogP contribution in [0.1, 0.15) is 11.1 Å². The molecule has 4 nitrogen and oxygen atoms in total. The van der Waals surface area contributed by atoms with Crippen LogP contribution < -0.4 is 9.64 Å². The normalized spacial score (nSPS) is 16.4. The van der Waals surface area contributed by atoms with Crippen molar-refractivity contribution < 1.29 is 14.2 Å². The summed E-state index contributed by atoms with van der Waals surface area (Å²) in [5.41, 5.74) is 2.98. The van der Waals surface area contributed by atoms with E-state index in [1.807, 2.05) is 38.1 Å². The summed E-state index contributed by atoms with van der Waals surface area (Å²) in [6.07, 6.45) is -0.557. The number of anilines is 1. The molecule has 0 aliphatic carbocycles. The molecule has 0 aromatic heterocycles. The van der Waals surface area contributed by atoms with Gasteiger partial charge in [-0.05, 0) is 61.4 Å². The van der Waals surface area contributed by atoms with Crippen LogP contribution in [0.3, 0.4) is 0 Å². The summed E-state index contributed by atoms with van der Waals surface area (Å²) in [6, 6.07) is 10.4. The number of aliphatic hydroxyl groups excluding tert-OH is 1. The molecular formula is C21H26ClFN2O2. The Bertz CT molecular complexity index is 738.